The Morgan fingerprint density at radius 2 is 1.86 bits per heavy atom. The second-order valence-corrected chi connectivity index (χ2v) is 11.2. The molecule has 1 aliphatic heterocycles. The van der Waals surface area contributed by atoms with Crippen molar-refractivity contribution in [2.45, 2.75) is 45.3 Å². The van der Waals surface area contributed by atoms with Gasteiger partial charge >= 0.3 is 6.03 Å². The number of carbonyl (C=O) groups excluding carboxylic acids is 2. The summed E-state index contributed by atoms with van der Waals surface area (Å²) in [6.45, 7) is 10.3. The highest BCUT2D eigenvalue weighted by Crippen LogP contribution is 2.37. The highest BCUT2D eigenvalue weighted by Gasteiger charge is 2.24. The SMILES string of the molecule is C=CC(=O)N1CCC(Oc2cc3c(Nc4ccc(Oc5ccn(C(=O)NC(C)(C)C)n5)cc4F)ncnc3cc2OC)CC1. The van der Waals surface area contributed by atoms with Crippen molar-refractivity contribution in [3.8, 4) is 23.1 Å². The van der Waals surface area contributed by atoms with Gasteiger partial charge in [0.1, 0.15) is 29.8 Å². The second kappa shape index (κ2) is 12.6. The van der Waals surface area contributed by atoms with Crippen molar-refractivity contribution >= 4 is 34.3 Å². The van der Waals surface area contributed by atoms with Crippen LogP contribution >= 0.6 is 0 Å². The Morgan fingerprint density at radius 1 is 1.09 bits per heavy atom. The van der Waals surface area contributed by atoms with E-state index in [0.717, 1.165) is 4.68 Å². The number of hydrogen-bond acceptors (Lipinski definition) is 9. The number of benzene rings is 2. The summed E-state index contributed by atoms with van der Waals surface area (Å²) in [4.78, 5) is 34.7. The first-order valence-corrected chi connectivity index (χ1v) is 14.1. The molecule has 2 N–H and O–H groups in total. The van der Waals surface area contributed by atoms with E-state index in [-0.39, 0.29) is 29.3 Å². The minimum Gasteiger partial charge on any atom is -0.493 e. The molecular formula is C31H34FN7O5. The quantitative estimate of drug-likeness (QED) is 0.253. The zero-order valence-corrected chi connectivity index (χ0v) is 25.0. The molecule has 1 fully saturated rings. The summed E-state index contributed by atoms with van der Waals surface area (Å²) in [5.41, 5.74) is 0.298. The van der Waals surface area contributed by atoms with Crippen LogP contribution in [0.15, 0.2) is 61.6 Å². The summed E-state index contributed by atoms with van der Waals surface area (Å²) in [6, 6.07) is 8.90. The lowest BCUT2D eigenvalue weighted by atomic mass is 10.1. The van der Waals surface area contributed by atoms with E-state index in [0.29, 0.717) is 54.2 Å². The fourth-order valence-electron chi connectivity index (χ4n) is 4.68. The number of hydrogen-bond donors (Lipinski definition) is 2. The van der Waals surface area contributed by atoms with Gasteiger partial charge in [-0.2, -0.15) is 4.68 Å². The van der Waals surface area contributed by atoms with Crippen molar-refractivity contribution in [3.05, 3.63) is 67.4 Å². The lowest BCUT2D eigenvalue weighted by molar-refractivity contribution is -0.127. The van der Waals surface area contributed by atoms with Crippen LogP contribution in [0.3, 0.4) is 0 Å². The number of nitrogens with one attached hydrogen (secondary N) is 2. The summed E-state index contributed by atoms with van der Waals surface area (Å²) >= 11 is 0. The monoisotopic (exact) mass is 603 g/mol. The van der Waals surface area contributed by atoms with Gasteiger partial charge in [0.25, 0.3) is 0 Å². The Morgan fingerprint density at radius 3 is 2.55 bits per heavy atom. The van der Waals surface area contributed by atoms with E-state index in [1.165, 1.54) is 36.8 Å². The van der Waals surface area contributed by atoms with Crippen molar-refractivity contribution in [2.75, 3.05) is 25.5 Å². The lowest BCUT2D eigenvalue weighted by Gasteiger charge is -2.31. The topological polar surface area (TPSA) is 133 Å². The molecule has 13 heteroatoms. The van der Waals surface area contributed by atoms with Gasteiger partial charge in [0, 0.05) is 61.3 Å². The highest BCUT2D eigenvalue weighted by molar-refractivity contribution is 5.93. The summed E-state index contributed by atoms with van der Waals surface area (Å²) in [5.74, 6) is 1.00. The summed E-state index contributed by atoms with van der Waals surface area (Å²) in [6.07, 6.45) is 5.33. The Bertz CT molecular complexity index is 1690. The van der Waals surface area contributed by atoms with E-state index in [9.17, 15) is 9.59 Å². The molecule has 0 atom stereocenters. The number of fused-ring (bicyclic) bond motifs is 1. The second-order valence-electron chi connectivity index (χ2n) is 11.2. The number of nitrogens with zero attached hydrogens (tertiary/aromatic N) is 5. The Balaban J connectivity index is 1.31. The van der Waals surface area contributed by atoms with E-state index in [2.05, 4.69) is 32.3 Å². The number of aromatic nitrogens is 4. The van der Waals surface area contributed by atoms with E-state index < -0.39 is 17.4 Å². The number of methoxy groups -OCH3 is 1. The van der Waals surface area contributed by atoms with Gasteiger partial charge in [0.15, 0.2) is 11.5 Å². The number of ether oxygens (including phenoxy) is 3. The summed E-state index contributed by atoms with van der Waals surface area (Å²) < 4.78 is 33.9. The molecule has 2 aromatic carbocycles. The standard InChI is InChI=1S/C31H34FN7O5/c1-6-28(40)38-12-9-19(10-13-38)43-26-16-21-24(17-25(26)42-5)33-18-34-29(21)35-23-8-7-20(15-22(23)32)44-27-11-14-39(37-27)30(41)36-31(2,3)4/h6-8,11,14-19H,1,9-10,12-13H2,2-5H3,(H,36,41)(H,33,34,35). The van der Waals surface area contributed by atoms with Crippen LogP contribution in [-0.4, -0.2) is 68.4 Å². The first kappa shape index (κ1) is 30.3. The number of carbonyl (C=O) groups is 2. The van der Waals surface area contributed by atoms with E-state index >= 15 is 4.39 Å². The van der Waals surface area contributed by atoms with Crippen LogP contribution in [0.25, 0.3) is 10.9 Å². The van der Waals surface area contributed by atoms with Gasteiger partial charge in [-0.05, 0) is 45.0 Å². The van der Waals surface area contributed by atoms with Gasteiger partial charge in [0.05, 0.1) is 18.3 Å². The maximum absolute atomic E-state index is 15.2. The van der Waals surface area contributed by atoms with Gasteiger partial charge < -0.3 is 29.7 Å². The molecule has 44 heavy (non-hydrogen) atoms. The molecule has 12 nitrogen and oxygen atoms in total. The third-order valence-electron chi connectivity index (χ3n) is 6.81. The van der Waals surface area contributed by atoms with Crippen molar-refractivity contribution < 1.29 is 28.2 Å². The maximum atomic E-state index is 15.2. The van der Waals surface area contributed by atoms with Gasteiger partial charge in [-0.25, -0.2) is 19.2 Å². The van der Waals surface area contributed by atoms with Gasteiger partial charge in [0.2, 0.25) is 11.8 Å². The molecule has 1 saturated heterocycles. The molecule has 0 aliphatic carbocycles. The molecule has 230 valence electrons. The third kappa shape index (κ3) is 7.05. The molecule has 0 unspecified atom stereocenters. The molecule has 5 rings (SSSR count). The largest absolute Gasteiger partial charge is 0.493 e. The van der Waals surface area contributed by atoms with Crippen LogP contribution in [0.2, 0.25) is 0 Å². The zero-order chi connectivity index (χ0) is 31.4. The van der Waals surface area contributed by atoms with Gasteiger partial charge in [-0.1, -0.05) is 6.58 Å². The predicted octanol–water partition coefficient (Wildman–Crippen LogP) is 5.42. The van der Waals surface area contributed by atoms with Crippen molar-refractivity contribution in [2.24, 2.45) is 0 Å². The Kier molecular flexibility index (Phi) is 8.65. The number of halogens is 1. The minimum atomic E-state index is -0.593. The lowest BCUT2D eigenvalue weighted by Crippen LogP contribution is -2.43. The predicted molar refractivity (Wildman–Crippen MR) is 162 cm³/mol. The number of piperidine rings is 1. The number of amides is 2. The number of anilines is 2. The third-order valence-corrected chi connectivity index (χ3v) is 6.81. The normalized spacial score (nSPS) is 13.8. The average molecular weight is 604 g/mol. The van der Waals surface area contributed by atoms with Crippen molar-refractivity contribution in [1.29, 1.82) is 0 Å². The van der Waals surface area contributed by atoms with Crippen LogP contribution in [0.4, 0.5) is 20.7 Å². The van der Waals surface area contributed by atoms with Crippen LogP contribution in [-0.2, 0) is 4.79 Å². The number of rotatable bonds is 8. The number of likely N-dealkylation sites (tertiary alicyclic amines) is 1. The molecule has 2 aromatic heterocycles. The zero-order valence-electron chi connectivity index (χ0n) is 25.0. The van der Waals surface area contributed by atoms with Crippen molar-refractivity contribution in [1.82, 2.24) is 30.0 Å². The molecule has 0 bridgehead atoms. The van der Waals surface area contributed by atoms with Crippen LogP contribution < -0.4 is 24.8 Å². The first-order chi connectivity index (χ1) is 21.0. The molecule has 1 aliphatic rings. The minimum absolute atomic E-state index is 0.0946. The fourth-order valence-corrected chi connectivity index (χ4v) is 4.68. The fraction of sp³-hybridized carbons (Fsp3) is 0.323. The summed E-state index contributed by atoms with van der Waals surface area (Å²) in [5, 5.41) is 10.5. The van der Waals surface area contributed by atoms with Crippen LogP contribution in [0, 0.1) is 5.82 Å². The van der Waals surface area contributed by atoms with E-state index in [1.54, 1.807) is 30.2 Å². The summed E-state index contributed by atoms with van der Waals surface area (Å²) in [7, 11) is 1.55. The van der Waals surface area contributed by atoms with Gasteiger partial charge in [-0.15, -0.1) is 5.10 Å². The molecule has 2 amide bonds. The Hall–Kier alpha value is -5.20. The molecule has 4 aromatic rings. The van der Waals surface area contributed by atoms with Crippen LogP contribution in [0.5, 0.6) is 23.1 Å². The molecule has 3 heterocycles. The van der Waals surface area contributed by atoms with Crippen LogP contribution in [0.1, 0.15) is 33.6 Å². The molecular weight excluding hydrogens is 569 g/mol. The molecule has 0 radical (unpaired) electrons. The van der Waals surface area contributed by atoms with Gasteiger partial charge in [-0.3, -0.25) is 4.79 Å². The average Bonchev–Trinajstić information content (AvgIpc) is 3.46. The van der Waals surface area contributed by atoms with E-state index in [4.69, 9.17) is 14.2 Å². The molecule has 0 saturated carbocycles. The Labute approximate surface area is 253 Å². The molecule has 0 spiro atoms. The highest BCUT2D eigenvalue weighted by atomic mass is 19.1. The van der Waals surface area contributed by atoms with E-state index in [1.807, 2.05) is 20.8 Å². The smallest absolute Gasteiger partial charge is 0.342 e. The van der Waals surface area contributed by atoms with Crippen molar-refractivity contribution in [3.63, 3.8) is 0 Å². The maximum Gasteiger partial charge on any atom is 0.342 e. The first-order valence-electron chi connectivity index (χ1n) is 14.1.